The van der Waals surface area contributed by atoms with Gasteiger partial charge in [0.05, 0.1) is 11.0 Å². The SMILES string of the molecule is C[C@H](NC(=O)O)C(C)(C)C(=O)N[C@H]1CC[C@@H]2CN(Cc3ccc(C(F)(F)F)cc3)C[C@@H]21. The van der Waals surface area contributed by atoms with Gasteiger partial charge in [0.1, 0.15) is 0 Å². The molecule has 1 aromatic rings. The molecule has 2 amide bonds. The summed E-state index contributed by atoms with van der Waals surface area (Å²) in [6.07, 6.45) is -3.63. The standard InChI is InChI=1S/C22H30F3N3O3/c1-13(26-20(30)31)21(2,3)19(29)27-18-9-6-15-11-28(12-17(15)18)10-14-4-7-16(8-5-14)22(23,24)25/h4-5,7-8,13,15,17-18,26H,6,9-12H2,1-3H3,(H,27,29)(H,30,31)/t13-,15+,17-,18-/m0/s1. The fraction of sp³-hybridized carbons (Fsp3) is 0.636. The van der Waals surface area contributed by atoms with Crippen LogP contribution in [0.4, 0.5) is 18.0 Å². The number of fused-ring (bicyclic) bond motifs is 1. The van der Waals surface area contributed by atoms with Crippen LogP contribution in [0.2, 0.25) is 0 Å². The van der Waals surface area contributed by atoms with E-state index in [4.69, 9.17) is 5.11 Å². The van der Waals surface area contributed by atoms with Gasteiger partial charge in [-0.05, 0) is 63.1 Å². The summed E-state index contributed by atoms with van der Waals surface area (Å²) in [6, 6.07) is 4.76. The van der Waals surface area contributed by atoms with Gasteiger partial charge in [0, 0.05) is 31.7 Å². The van der Waals surface area contributed by atoms with Crippen LogP contribution in [0.25, 0.3) is 0 Å². The van der Waals surface area contributed by atoms with Crippen LogP contribution in [-0.4, -0.2) is 47.2 Å². The van der Waals surface area contributed by atoms with E-state index in [1.54, 1.807) is 20.8 Å². The Labute approximate surface area is 180 Å². The van der Waals surface area contributed by atoms with Crippen molar-refractivity contribution in [1.82, 2.24) is 15.5 Å². The zero-order valence-corrected chi connectivity index (χ0v) is 18.0. The third-order valence-corrected chi connectivity index (χ3v) is 6.94. The molecule has 6 nitrogen and oxygen atoms in total. The Bertz CT molecular complexity index is 810. The Morgan fingerprint density at radius 1 is 1.16 bits per heavy atom. The first-order valence-corrected chi connectivity index (χ1v) is 10.6. The fourth-order valence-corrected chi connectivity index (χ4v) is 4.64. The van der Waals surface area contributed by atoms with E-state index in [-0.39, 0.29) is 17.9 Å². The van der Waals surface area contributed by atoms with Crippen LogP contribution in [0.1, 0.15) is 44.7 Å². The molecule has 2 aliphatic rings. The number of carbonyl (C=O) groups is 2. The molecule has 0 bridgehead atoms. The molecule has 0 spiro atoms. The van der Waals surface area contributed by atoms with E-state index >= 15 is 0 Å². The van der Waals surface area contributed by atoms with Gasteiger partial charge in [0.2, 0.25) is 5.91 Å². The molecule has 3 N–H and O–H groups in total. The van der Waals surface area contributed by atoms with Gasteiger partial charge in [-0.3, -0.25) is 9.69 Å². The molecule has 0 radical (unpaired) electrons. The molecule has 0 unspecified atom stereocenters. The largest absolute Gasteiger partial charge is 0.465 e. The number of likely N-dealkylation sites (tertiary alicyclic amines) is 1. The van der Waals surface area contributed by atoms with Crippen molar-refractivity contribution in [2.75, 3.05) is 13.1 Å². The first-order chi connectivity index (χ1) is 14.4. The summed E-state index contributed by atoms with van der Waals surface area (Å²) in [5.41, 5.74) is -0.704. The van der Waals surface area contributed by atoms with Crippen LogP contribution >= 0.6 is 0 Å². The maximum atomic E-state index is 12.9. The molecule has 1 aliphatic carbocycles. The third-order valence-electron chi connectivity index (χ3n) is 6.94. The zero-order valence-electron chi connectivity index (χ0n) is 18.0. The van der Waals surface area contributed by atoms with Gasteiger partial charge in [-0.2, -0.15) is 13.2 Å². The average Bonchev–Trinajstić information content (AvgIpc) is 3.22. The number of amides is 2. The van der Waals surface area contributed by atoms with E-state index in [0.29, 0.717) is 12.5 Å². The van der Waals surface area contributed by atoms with Crippen LogP contribution in [0.3, 0.4) is 0 Å². The molecular weight excluding hydrogens is 411 g/mol. The van der Waals surface area contributed by atoms with Gasteiger partial charge in [-0.15, -0.1) is 0 Å². The molecule has 2 fully saturated rings. The molecule has 31 heavy (non-hydrogen) atoms. The minimum Gasteiger partial charge on any atom is -0.465 e. The molecule has 1 heterocycles. The lowest BCUT2D eigenvalue weighted by Gasteiger charge is -2.32. The van der Waals surface area contributed by atoms with Gasteiger partial charge in [-0.1, -0.05) is 12.1 Å². The number of nitrogens with one attached hydrogen (secondary N) is 2. The topological polar surface area (TPSA) is 81.7 Å². The fourth-order valence-electron chi connectivity index (χ4n) is 4.64. The van der Waals surface area contributed by atoms with Crippen molar-refractivity contribution in [2.45, 2.75) is 58.4 Å². The second-order valence-corrected chi connectivity index (χ2v) is 9.36. The lowest BCUT2D eigenvalue weighted by molar-refractivity contribution is -0.137. The van der Waals surface area contributed by atoms with E-state index in [2.05, 4.69) is 15.5 Å². The number of alkyl halides is 3. The maximum absolute atomic E-state index is 12.9. The van der Waals surface area contributed by atoms with E-state index in [0.717, 1.165) is 43.6 Å². The molecule has 9 heteroatoms. The number of hydrogen-bond donors (Lipinski definition) is 3. The number of carbonyl (C=O) groups excluding carboxylic acids is 1. The van der Waals surface area contributed by atoms with Crippen molar-refractivity contribution >= 4 is 12.0 Å². The summed E-state index contributed by atoms with van der Waals surface area (Å²) in [5.74, 6) is 0.551. The van der Waals surface area contributed by atoms with Crippen LogP contribution in [-0.2, 0) is 17.5 Å². The molecular formula is C22H30F3N3O3. The molecule has 1 saturated carbocycles. The molecule has 1 saturated heterocycles. The van der Waals surface area contributed by atoms with E-state index in [1.165, 1.54) is 12.1 Å². The molecule has 172 valence electrons. The summed E-state index contributed by atoms with van der Waals surface area (Å²) < 4.78 is 38.2. The van der Waals surface area contributed by atoms with Crippen LogP contribution in [0.5, 0.6) is 0 Å². The lowest BCUT2D eigenvalue weighted by Crippen LogP contribution is -2.53. The predicted molar refractivity (Wildman–Crippen MR) is 109 cm³/mol. The third kappa shape index (κ3) is 5.31. The van der Waals surface area contributed by atoms with Crippen molar-refractivity contribution in [3.8, 4) is 0 Å². The number of carboxylic acid groups (broad SMARTS) is 1. The summed E-state index contributed by atoms with van der Waals surface area (Å²) in [7, 11) is 0. The van der Waals surface area contributed by atoms with Crippen LogP contribution in [0.15, 0.2) is 24.3 Å². The smallest absolute Gasteiger partial charge is 0.416 e. The Hall–Kier alpha value is -2.29. The van der Waals surface area contributed by atoms with Gasteiger partial charge in [-0.25, -0.2) is 4.79 Å². The van der Waals surface area contributed by atoms with Crippen molar-refractivity contribution in [3.05, 3.63) is 35.4 Å². The second-order valence-electron chi connectivity index (χ2n) is 9.36. The number of nitrogens with zero attached hydrogens (tertiary/aromatic N) is 1. The zero-order chi connectivity index (χ0) is 23.0. The summed E-state index contributed by atoms with van der Waals surface area (Å²) in [5, 5.41) is 14.4. The highest BCUT2D eigenvalue weighted by molar-refractivity contribution is 5.83. The monoisotopic (exact) mass is 441 g/mol. The first kappa shape index (κ1) is 23.4. The maximum Gasteiger partial charge on any atom is 0.416 e. The van der Waals surface area contributed by atoms with Gasteiger partial charge in [0.25, 0.3) is 0 Å². The Kier molecular flexibility index (Phi) is 6.55. The number of rotatable bonds is 6. The summed E-state index contributed by atoms with van der Waals surface area (Å²) in [4.78, 5) is 26.0. The Balaban J connectivity index is 1.57. The van der Waals surface area contributed by atoms with E-state index in [1.807, 2.05) is 0 Å². The minimum absolute atomic E-state index is 0.0198. The molecule has 3 rings (SSSR count). The summed E-state index contributed by atoms with van der Waals surface area (Å²) >= 11 is 0. The number of benzene rings is 1. The normalized spacial score (nSPS) is 25.2. The van der Waals surface area contributed by atoms with Crippen LogP contribution in [0, 0.1) is 17.3 Å². The molecule has 1 aliphatic heterocycles. The quantitative estimate of drug-likeness (QED) is 0.629. The minimum atomic E-state index is -4.33. The highest BCUT2D eigenvalue weighted by atomic mass is 19.4. The van der Waals surface area contributed by atoms with Gasteiger partial charge >= 0.3 is 12.3 Å². The molecule has 4 atom stereocenters. The molecule has 1 aromatic carbocycles. The van der Waals surface area contributed by atoms with Crippen molar-refractivity contribution < 1.29 is 27.9 Å². The first-order valence-electron chi connectivity index (χ1n) is 10.6. The predicted octanol–water partition coefficient (Wildman–Crippen LogP) is 3.71. The lowest BCUT2D eigenvalue weighted by atomic mass is 9.83. The van der Waals surface area contributed by atoms with Gasteiger partial charge < -0.3 is 15.7 Å². The van der Waals surface area contributed by atoms with E-state index < -0.39 is 29.3 Å². The second kappa shape index (κ2) is 8.68. The average molecular weight is 441 g/mol. The van der Waals surface area contributed by atoms with Crippen molar-refractivity contribution in [1.29, 1.82) is 0 Å². The molecule has 0 aromatic heterocycles. The van der Waals surface area contributed by atoms with Gasteiger partial charge in [0.15, 0.2) is 0 Å². The van der Waals surface area contributed by atoms with Crippen molar-refractivity contribution in [3.63, 3.8) is 0 Å². The summed E-state index contributed by atoms with van der Waals surface area (Å²) in [6.45, 7) is 7.34. The Morgan fingerprint density at radius 3 is 2.39 bits per heavy atom. The number of hydrogen-bond acceptors (Lipinski definition) is 3. The Morgan fingerprint density at radius 2 is 1.81 bits per heavy atom. The highest BCUT2D eigenvalue weighted by Crippen LogP contribution is 2.39. The van der Waals surface area contributed by atoms with Crippen molar-refractivity contribution in [2.24, 2.45) is 17.3 Å². The van der Waals surface area contributed by atoms with E-state index in [9.17, 15) is 22.8 Å². The van der Waals surface area contributed by atoms with Crippen LogP contribution < -0.4 is 10.6 Å². The highest BCUT2D eigenvalue weighted by Gasteiger charge is 2.45. The number of halogens is 3.